The highest BCUT2D eigenvalue weighted by atomic mass is 16.6. The molecule has 1 aromatic heterocycles. The summed E-state index contributed by atoms with van der Waals surface area (Å²) in [7, 11) is 0. The number of rotatable bonds is 3. The van der Waals surface area contributed by atoms with Crippen molar-refractivity contribution in [2.45, 2.75) is 13.8 Å². The molecule has 1 aliphatic heterocycles. The molecule has 8 heteroatoms. The lowest BCUT2D eigenvalue weighted by Gasteiger charge is -2.35. The Balaban J connectivity index is 1.71. The van der Waals surface area contributed by atoms with E-state index in [1.807, 2.05) is 17.9 Å². The molecule has 1 aromatic carbocycles. The lowest BCUT2D eigenvalue weighted by atomic mass is 10.1. The number of aromatic nitrogens is 1. The Kier molecular flexibility index (Phi) is 4.20. The predicted molar refractivity (Wildman–Crippen MR) is 87.2 cm³/mol. The van der Waals surface area contributed by atoms with E-state index in [1.54, 1.807) is 30.0 Å². The van der Waals surface area contributed by atoms with Gasteiger partial charge in [-0.15, -0.1) is 0 Å². The van der Waals surface area contributed by atoms with Gasteiger partial charge in [-0.2, -0.15) is 0 Å². The van der Waals surface area contributed by atoms with E-state index in [-0.39, 0.29) is 22.3 Å². The summed E-state index contributed by atoms with van der Waals surface area (Å²) in [5.41, 5.74) is 2.20. The van der Waals surface area contributed by atoms with E-state index < -0.39 is 0 Å². The Labute approximate surface area is 138 Å². The van der Waals surface area contributed by atoms with Crippen LogP contribution in [0.5, 0.6) is 0 Å². The first kappa shape index (κ1) is 16.0. The minimum absolute atomic E-state index is 0.0978. The van der Waals surface area contributed by atoms with Crippen molar-refractivity contribution in [3.63, 3.8) is 0 Å². The maximum Gasteiger partial charge on any atom is 0.292 e. The number of benzene rings is 1. The van der Waals surface area contributed by atoms with Gasteiger partial charge in [-0.05, 0) is 25.5 Å². The molecule has 1 amide bonds. The number of piperazine rings is 1. The Morgan fingerprint density at radius 1 is 1.21 bits per heavy atom. The number of carbonyl (C=O) groups excluding carboxylic acids is 1. The number of nitro groups is 1. The largest absolute Gasteiger partial charge is 0.362 e. The van der Waals surface area contributed by atoms with E-state index in [4.69, 9.17) is 4.52 Å². The molecule has 2 heterocycles. The van der Waals surface area contributed by atoms with Crippen LogP contribution in [0.15, 0.2) is 28.8 Å². The van der Waals surface area contributed by atoms with Crippen molar-refractivity contribution in [1.29, 1.82) is 0 Å². The van der Waals surface area contributed by atoms with Crippen LogP contribution in [-0.4, -0.2) is 47.1 Å². The highest BCUT2D eigenvalue weighted by Crippen LogP contribution is 2.30. The van der Waals surface area contributed by atoms with E-state index in [9.17, 15) is 14.9 Å². The van der Waals surface area contributed by atoms with Gasteiger partial charge in [-0.1, -0.05) is 11.2 Å². The number of hydrogen-bond acceptors (Lipinski definition) is 6. The first-order valence-corrected chi connectivity index (χ1v) is 7.68. The number of aryl methyl sites for hydroxylation is 2. The van der Waals surface area contributed by atoms with Crippen LogP contribution in [0.1, 0.15) is 21.8 Å². The van der Waals surface area contributed by atoms with Gasteiger partial charge >= 0.3 is 0 Å². The van der Waals surface area contributed by atoms with Crippen LogP contribution in [0.3, 0.4) is 0 Å². The molecule has 8 nitrogen and oxygen atoms in total. The Morgan fingerprint density at radius 3 is 2.50 bits per heavy atom. The molecular formula is C16H18N4O4. The van der Waals surface area contributed by atoms with Crippen LogP contribution in [0.2, 0.25) is 0 Å². The molecule has 1 aliphatic rings. The molecule has 126 valence electrons. The van der Waals surface area contributed by atoms with Crippen molar-refractivity contribution in [2.24, 2.45) is 0 Å². The number of anilines is 1. The van der Waals surface area contributed by atoms with Gasteiger partial charge in [0, 0.05) is 38.3 Å². The van der Waals surface area contributed by atoms with Crippen LogP contribution in [0.25, 0.3) is 0 Å². The zero-order chi connectivity index (χ0) is 17.3. The minimum Gasteiger partial charge on any atom is -0.362 e. The molecule has 0 unspecified atom stereocenters. The van der Waals surface area contributed by atoms with Gasteiger partial charge in [0.1, 0.15) is 5.69 Å². The van der Waals surface area contributed by atoms with Crippen LogP contribution >= 0.6 is 0 Å². The van der Waals surface area contributed by atoms with Gasteiger partial charge in [0.05, 0.1) is 10.6 Å². The fourth-order valence-electron chi connectivity index (χ4n) is 2.82. The second-order valence-corrected chi connectivity index (χ2v) is 5.86. The molecule has 0 atom stereocenters. The average Bonchev–Trinajstić information content (AvgIpc) is 3.01. The zero-order valence-corrected chi connectivity index (χ0v) is 13.6. The summed E-state index contributed by atoms with van der Waals surface area (Å²) in [6.07, 6.45) is 0. The zero-order valence-electron chi connectivity index (χ0n) is 13.6. The third-order valence-corrected chi connectivity index (χ3v) is 4.07. The molecule has 1 fully saturated rings. The van der Waals surface area contributed by atoms with Crippen LogP contribution in [0, 0.1) is 24.0 Å². The number of hydrogen-bond donors (Lipinski definition) is 0. The van der Waals surface area contributed by atoms with Crippen molar-refractivity contribution in [3.05, 3.63) is 51.4 Å². The fourth-order valence-corrected chi connectivity index (χ4v) is 2.82. The highest BCUT2D eigenvalue weighted by Gasteiger charge is 2.27. The summed E-state index contributed by atoms with van der Waals surface area (Å²) in [4.78, 5) is 26.9. The van der Waals surface area contributed by atoms with Crippen molar-refractivity contribution < 1.29 is 14.2 Å². The highest BCUT2D eigenvalue weighted by molar-refractivity contribution is 5.91. The number of nitrogens with zero attached hydrogens (tertiary/aromatic N) is 4. The van der Waals surface area contributed by atoms with Gasteiger partial charge < -0.3 is 14.3 Å². The summed E-state index contributed by atoms with van der Waals surface area (Å²) < 4.78 is 5.01. The van der Waals surface area contributed by atoms with E-state index in [0.29, 0.717) is 37.6 Å². The van der Waals surface area contributed by atoms with E-state index in [1.165, 1.54) is 0 Å². The van der Waals surface area contributed by atoms with Crippen molar-refractivity contribution in [3.8, 4) is 0 Å². The van der Waals surface area contributed by atoms with Crippen molar-refractivity contribution in [2.75, 3.05) is 31.1 Å². The molecule has 0 aliphatic carbocycles. The predicted octanol–water partition coefficient (Wildman–Crippen LogP) is 2.16. The maximum absolute atomic E-state index is 12.3. The van der Waals surface area contributed by atoms with Gasteiger partial charge in [-0.25, -0.2) is 0 Å². The topological polar surface area (TPSA) is 92.7 Å². The first-order chi connectivity index (χ1) is 11.5. The summed E-state index contributed by atoms with van der Waals surface area (Å²) >= 11 is 0. The van der Waals surface area contributed by atoms with E-state index in [0.717, 1.165) is 5.56 Å². The normalized spacial score (nSPS) is 14.8. The Morgan fingerprint density at radius 2 is 1.92 bits per heavy atom. The molecule has 0 N–H and O–H groups in total. The summed E-state index contributed by atoms with van der Waals surface area (Å²) in [5.74, 6) is 0.0240. The molecule has 0 radical (unpaired) electrons. The lowest BCUT2D eigenvalue weighted by molar-refractivity contribution is -0.384. The van der Waals surface area contributed by atoms with E-state index in [2.05, 4.69) is 5.16 Å². The van der Waals surface area contributed by atoms with Gasteiger partial charge in [0.15, 0.2) is 0 Å². The second-order valence-electron chi connectivity index (χ2n) is 5.86. The van der Waals surface area contributed by atoms with Crippen LogP contribution < -0.4 is 4.90 Å². The van der Waals surface area contributed by atoms with E-state index >= 15 is 0 Å². The smallest absolute Gasteiger partial charge is 0.292 e. The third kappa shape index (κ3) is 3.08. The van der Waals surface area contributed by atoms with Crippen LogP contribution in [0.4, 0.5) is 11.4 Å². The number of amides is 1. The number of carbonyl (C=O) groups is 1. The molecular weight excluding hydrogens is 312 g/mol. The van der Waals surface area contributed by atoms with Crippen molar-refractivity contribution in [1.82, 2.24) is 10.1 Å². The Hall–Kier alpha value is -2.90. The first-order valence-electron chi connectivity index (χ1n) is 7.68. The third-order valence-electron chi connectivity index (χ3n) is 4.07. The summed E-state index contributed by atoms with van der Waals surface area (Å²) in [5, 5.41) is 15.0. The maximum atomic E-state index is 12.3. The molecule has 0 saturated carbocycles. The van der Waals surface area contributed by atoms with Crippen LogP contribution in [-0.2, 0) is 0 Å². The fraction of sp³-hybridized carbons (Fsp3) is 0.375. The molecule has 2 aromatic rings. The molecule has 24 heavy (non-hydrogen) atoms. The summed E-state index contributed by atoms with van der Waals surface area (Å²) in [6, 6.07) is 6.81. The Bertz CT molecular complexity index is 778. The monoisotopic (exact) mass is 330 g/mol. The van der Waals surface area contributed by atoms with Crippen molar-refractivity contribution >= 4 is 17.3 Å². The molecule has 1 saturated heterocycles. The quantitative estimate of drug-likeness (QED) is 0.632. The molecule has 3 rings (SSSR count). The minimum atomic E-state index is -0.364. The second kappa shape index (κ2) is 6.31. The SMILES string of the molecule is Cc1ccc(N2CCN(C(=O)c3cc(C)no3)CC2)c([N+](=O)[O-])c1. The van der Waals surface area contributed by atoms with Gasteiger partial charge in [0.25, 0.3) is 11.6 Å². The lowest BCUT2D eigenvalue weighted by Crippen LogP contribution is -2.48. The summed E-state index contributed by atoms with van der Waals surface area (Å²) in [6.45, 7) is 5.60. The standard InChI is InChI=1S/C16H18N4O4/c1-11-3-4-13(14(9-11)20(22)23)18-5-7-19(8-6-18)16(21)15-10-12(2)17-24-15/h3-4,9-10H,5-8H2,1-2H3. The van der Waals surface area contributed by atoms with Gasteiger partial charge in [0.2, 0.25) is 5.76 Å². The molecule has 0 bridgehead atoms. The average molecular weight is 330 g/mol. The molecule has 0 spiro atoms. The van der Waals surface area contributed by atoms with Gasteiger partial charge in [-0.3, -0.25) is 14.9 Å². The number of nitro benzene ring substituents is 1.